The van der Waals surface area contributed by atoms with Crippen molar-refractivity contribution in [1.82, 2.24) is 0 Å². The molecule has 21 heavy (non-hydrogen) atoms. The molecular formula is C16H12O5. The van der Waals surface area contributed by atoms with E-state index in [1.54, 1.807) is 36.4 Å². The van der Waals surface area contributed by atoms with Crippen LogP contribution in [-0.4, -0.2) is 19.4 Å². The zero-order valence-electron chi connectivity index (χ0n) is 11.1. The smallest absolute Gasteiger partial charge is 0.231 e. The van der Waals surface area contributed by atoms with Gasteiger partial charge in [0.2, 0.25) is 6.79 Å². The average molecular weight is 284 g/mol. The quantitative estimate of drug-likeness (QED) is 0.793. The fraction of sp³-hybridized carbons (Fsp3) is 0.188. The number of rotatable bonds is 2. The van der Waals surface area contributed by atoms with Gasteiger partial charge in [-0.15, -0.1) is 0 Å². The highest BCUT2D eigenvalue weighted by Gasteiger charge is 2.19. The first-order valence-electron chi connectivity index (χ1n) is 6.59. The van der Waals surface area contributed by atoms with Crippen molar-refractivity contribution in [2.45, 2.75) is 6.61 Å². The maximum absolute atomic E-state index is 12.6. The zero-order valence-corrected chi connectivity index (χ0v) is 11.1. The van der Waals surface area contributed by atoms with Gasteiger partial charge in [0, 0.05) is 16.7 Å². The summed E-state index contributed by atoms with van der Waals surface area (Å²) in [6.45, 7) is 0.903. The van der Waals surface area contributed by atoms with E-state index in [9.17, 15) is 4.79 Å². The molecule has 106 valence electrons. The van der Waals surface area contributed by atoms with Gasteiger partial charge in [-0.25, -0.2) is 0 Å². The van der Waals surface area contributed by atoms with E-state index in [0.717, 1.165) is 11.3 Å². The molecule has 0 radical (unpaired) electrons. The third-order valence-corrected chi connectivity index (χ3v) is 3.51. The van der Waals surface area contributed by atoms with Crippen LogP contribution in [0.15, 0.2) is 36.4 Å². The Morgan fingerprint density at radius 1 is 0.810 bits per heavy atom. The van der Waals surface area contributed by atoms with Crippen LogP contribution in [0, 0.1) is 0 Å². The monoisotopic (exact) mass is 284 g/mol. The fourth-order valence-corrected chi connectivity index (χ4v) is 2.44. The molecule has 4 rings (SSSR count). The maximum Gasteiger partial charge on any atom is 0.231 e. The lowest BCUT2D eigenvalue weighted by Gasteiger charge is -2.18. The van der Waals surface area contributed by atoms with E-state index in [0.29, 0.717) is 29.2 Å². The van der Waals surface area contributed by atoms with Gasteiger partial charge in [-0.05, 0) is 36.4 Å². The molecule has 0 N–H and O–H groups in total. The molecule has 0 amide bonds. The van der Waals surface area contributed by atoms with Gasteiger partial charge in [0.15, 0.2) is 24.1 Å². The number of hydrogen-bond acceptors (Lipinski definition) is 5. The van der Waals surface area contributed by atoms with Gasteiger partial charge in [-0.2, -0.15) is 0 Å². The molecule has 0 bridgehead atoms. The zero-order chi connectivity index (χ0) is 14.2. The molecule has 2 aromatic carbocycles. The van der Waals surface area contributed by atoms with Crippen molar-refractivity contribution in [3.8, 4) is 17.2 Å². The maximum atomic E-state index is 12.6. The molecule has 0 spiro atoms. The molecule has 0 atom stereocenters. The second-order valence-corrected chi connectivity index (χ2v) is 4.83. The van der Waals surface area contributed by atoms with E-state index in [2.05, 4.69) is 0 Å². The molecule has 5 heteroatoms. The number of hydrogen-bond donors (Lipinski definition) is 0. The summed E-state index contributed by atoms with van der Waals surface area (Å²) in [5.41, 5.74) is 2.05. The molecule has 0 fully saturated rings. The van der Waals surface area contributed by atoms with Crippen molar-refractivity contribution in [2.75, 3.05) is 13.6 Å². The van der Waals surface area contributed by atoms with Gasteiger partial charge in [0.25, 0.3) is 0 Å². The lowest BCUT2D eigenvalue weighted by molar-refractivity contribution is -0.0163. The third kappa shape index (κ3) is 2.11. The number of ether oxygens (including phenoxy) is 4. The van der Waals surface area contributed by atoms with Crippen molar-refractivity contribution in [3.63, 3.8) is 0 Å². The summed E-state index contributed by atoms with van der Waals surface area (Å²) in [6.07, 6.45) is 0. The number of carbonyl (C=O) groups excluding carboxylic acids is 1. The normalized spacial score (nSPS) is 15.2. The van der Waals surface area contributed by atoms with Gasteiger partial charge < -0.3 is 18.9 Å². The Labute approximate surface area is 121 Å². The van der Waals surface area contributed by atoms with Crippen molar-refractivity contribution >= 4 is 5.78 Å². The number of carbonyl (C=O) groups is 1. The molecule has 0 saturated carbocycles. The van der Waals surface area contributed by atoms with Crippen LogP contribution in [0.4, 0.5) is 0 Å². The van der Waals surface area contributed by atoms with E-state index in [-0.39, 0.29) is 19.4 Å². The van der Waals surface area contributed by atoms with Crippen LogP contribution in [0.2, 0.25) is 0 Å². The number of ketones is 1. The van der Waals surface area contributed by atoms with Gasteiger partial charge in [0.1, 0.15) is 5.75 Å². The highest BCUT2D eigenvalue weighted by molar-refractivity contribution is 6.09. The molecule has 2 aliphatic rings. The molecule has 5 nitrogen and oxygen atoms in total. The summed E-state index contributed by atoms with van der Waals surface area (Å²) in [4.78, 5) is 12.6. The molecule has 2 aromatic rings. The largest absolute Gasteiger partial charge is 0.467 e. The predicted octanol–water partition coefficient (Wildman–Crippen LogP) is 2.51. The molecule has 2 heterocycles. The van der Waals surface area contributed by atoms with Crippen molar-refractivity contribution in [1.29, 1.82) is 0 Å². The fourth-order valence-electron chi connectivity index (χ4n) is 2.44. The molecule has 0 aromatic heterocycles. The molecule has 0 aliphatic carbocycles. The number of benzene rings is 2. The molecule has 2 aliphatic heterocycles. The molecule has 0 saturated heterocycles. The lowest BCUT2D eigenvalue weighted by atomic mass is 10.0. The summed E-state index contributed by atoms with van der Waals surface area (Å²) in [7, 11) is 0. The minimum atomic E-state index is -0.0679. The van der Waals surface area contributed by atoms with Crippen molar-refractivity contribution < 1.29 is 23.7 Å². The Morgan fingerprint density at radius 3 is 2.43 bits per heavy atom. The Bertz CT molecular complexity index is 723. The minimum Gasteiger partial charge on any atom is -0.467 e. The van der Waals surface area contributed by atoms with Crippen LogP contribution in [0.5, 0.6) is 17.2 Å². The summed E-state index contributed by atoms with van der Waals surface area (Å²) in [6, 6.07) is 10.6. The van der Waals surface area contributed by atoms with Gasteiger partial charge in [0.05, 0.1) is 6.61 Å². The molecular weight excluding hydrogens is 272 g/mol. The van der Waals surface area contributed by atoms with Gasteiger partial charge in [-0.1, -0.05) is 0 Å². The summed E-state index contributed by atoms with van der Waals surface area (Å²) in [5.74, 6) is 1.97. The molecule has 0 unspecified atom stereocenters. The van der Waals surface area contributed by atoms with E-state index in [1.807, 2.05) is 0 Å². The van der Waals surface area contributed by atoms with Crippen molar-refractivity contribution in [3.05, 3.63) is 53.1 Å². The summed E-state index contributed by atoms with van der Waals surface area (Å²) in [5, 5.41) is 0. The number of fused-ring (bicyclic) bond motifs is 2. The SMILES string of the molecule is O=C(c1ccc2c(c1)COCO2)c1ccc2c(c1)OCO2. The second-order valence-electron chi connectivity index (χ2n) is 4.83. The lowest BCUT2D eigenvalue weighted by Crippen LogP contribution is -2.12. The van der Waals surface area contributed by atoms with Crippen LogP contribution in [0.25, 0.3) is 0 Å². The van der Waals surface area contributed by atoms with Crippen molar-refractivity contribution in [2.24, 2.45) is 0 Å². The second kappa shape index (κ2) is 4.79. The van der Waals surface area contributed by atoms with Crippen LogP contribution < -0.4 is 14.2 Å². The summed E-state index contributed by atoms with van der Waals surface area (Å²) >= 11 is 0. The third-order valence-electron chi connectivity index (χ3n) is 3.51. The Kier molecular flexibility index (Phi) is 2.79. The van der Waals surface area contributed by atoms with E-state index >= 15 is 0 Å². The topological polar surface area (TPSA) is 54.0 Å². The average Bonchev–Trinajstić information content (AvgIpc) is 3.01. The van der Waals surface area contributed by atoms with Gasteiger partial charge in [-0.3, -0.25) is 4.79 Å². The Balaban J connectivity index is 1.68. The van der Waals surface area contributed by atoms with Crippen LogP contribution in [-0.2, 0) is 11.3 Å². The minimum absolute atomic E-state index is 0.0679. The first kappa shape index (κ1) is 12.2. The van der Waals surface area contributed by atoms with Crippen LogP contribution >= 0.6 is 0 Å². The Morgan fingerprint density at radius 2 is 1.52 bits per heavy atom. The highest BCUT2D eigenvalue weighted by Crippen LogP contribution is 2.33. The highest BCUT2D eigenvalue weighted by atomic mass is 16.7. The van der Waals surface area contributed by atoms with E-state index < -0.39 is 0 Å². The van der Waals surface area contributed by atoms with Gasteiger partial charge >= 0.3 is 0 Å². The first-order valence-corrected chi connectivity index (χ1v) is 6.59. The van der Waals surface area contributed by atoms with E-state index in [1.165, 1.54) is 0 Å². The standard InChI is InChI=1S/C16H12O5/c17-16(11-2-4-14-15(6-11)21-9-20-14)10-1-3-13-12(5-10)7-18-8-19-13/h1-6H,7-9H2. The first-order chi connectivity index (χ1) is 10.3. The predicted molar refractivity (Wildman–Crippen MR) is 72.7 cm³/mol. The summed E-state index contributed by atoms with van der Waals surface area (Å²) < 4.78 is 21.1. The van der Waals surface area contributed by atoms with Crippen LogP contribution in [0.1, 0.15) is 21.5 Å². The van der Waals surface area contributed by atoms with Crippen LogP contribution in [0.3, 0.4) is 0 Å². The van der Waals surface area contributed by atoms with E-state index in [4.69, 9.17) is 18.9 Å². The Hall–Kier alpha value is -2.53.